The van der Waals surface area contributed by atoms with Gasteiger partial charge >= 0.3 is 0 Å². The van der Waals surface area contributed by atoms with Gasteiger partial charge in [-0.1, -0.05) is 18.3 Å². The van der Waals surface area contributed by atoms with Gasteiger partial charge < -0.3 is 14.5 Å². The predicted molar refractivity (Wildman–Crippen MR) is 78.8 cm³/mol. The summed E-state index contributed by atoms with van der Waals surface area (Å²) in [6.07, 6.45) is 0. The number of nitrogen functional groups attached to an aromatic ring is 1. The summed E-state index contributed by atoms with van der Waals surface area (Å²) >= 11 is 1.37. The molecule has 20 heavy (non-hydrogen) atoms. The Kier molecular flexibility index (Phi) is 5.30. The first kappa shape index (κ1) is 15.2. The van der Waals surface area contributed by atoms with Crippen LogP contribution in [0.1, 0.15) is 22.3 Å². The molecule has 1 aliphatic heterocycles. The molecule has 0 unspecified atom stereocenters. The molecule has 1 aliphatic rings. The van der Waals surface area contributed by atoms with E-state index in [2.05, 4.69) is 27.1 Å². The van der Waals surface area contributed by atoms with Crippen molar-refractivity contribution in [2.24, 2.45) is 5.84 Å². The van der Waals surface area contributed by atoms with E-state index in [-0.39, 0.29) is 5.91 Å². The van der Waals surface area contributed by atoms with Crippen LogP contribution in [-0.2, 0) is 11.3 Å². The fourth-order valence-electron chi connectivity index (χ4n) is 2.21. The van der Waals surface area contributed by atoms with Gasteiger partial charge in [-0.15, -0.1) is 0 Å². The molecular formula is C12H21N5O2S. The summed E-state index contributed by atoms with van der Waals surface area (Å²) in [7, 11) is 1.59. The molecule has 0 saturated carbocycles. The summed E-state index contributed by atoms with van der Waals surface area (Å²) in [4.78, 5) is 21.4. The number of carbonyl (C=O) groups excluding carboxylic acids is 1. The van der Waals surface area contributed by atoms with Crippen LogP contribution in [0, 0.1) is 0 Å². The number of carbonyl (C=O) groups is 1. The fraction of sp³-hybridized carbons (Fsp3) is 0.667. The maximum Gasteiger partial charge on any atom is 0.277 e. The Morgan fingerprint density at radius 3 is 2.70 bits per heavy atom. The third-order valence-electron chi connectivity index (χ3n) is 3.39. The number of nitrogens with zero attached hydrogens (tertiary/aromatic N) is 3. The zero-order valence-electron chi connectivity index (χ0n) is 11.9. The van der Waals surface area contributed by atoms with Crippen molar-refractivity contribution < 1.29 is 9.53 Å². The zero-order chi connectivity index (χ0) is 14.5. The highest BCUT2D eigenvalue weighted by atomic mass is 32.1. The Morgan fingerprint density at radius 2 is 2.15 bits per heavy atom. The monoisotopic (exact) mass is 299 g/mol. The van der Waals surface area contributed by atoms with Crippen molar-refractivity contribution in [1.29, 1.82) is 0 Å². The fourth-order valence-corrected chi connectivity index (χ4v) is 3.23. The molecule has 1 saturated heterocycles. The topological polar surface area (TPSA) is 83.7 Å². The highest BCUT2D eigenvalue weighted by molar-refractivity contribution is 7.17. The number of aromatic nitrogens is 1. The Morgan fingerprint density at radius 1 is 1.45 bits per heavy atom. The molecule has 3 N–H and O–H groups in total. The second-order valence-electron chi connectivity index (χ2n) is 4.60. The zero-order valence-corrected chi connectivity index (χ0v) is 12.7. The number of nitrogens with two attached hydrogens (primary N) is 1. The van der Waals surface area contributed by atoms with Gasteiger partial charge in [-0.05, 0) is 6.54 Å². The second-order valence-corrected chi connectivity index (χ2v) is 5.58. The van der Waals surface area contributed by atoms with Crippen LogP contribution in [0.5, 0.6) is 0 Å². The Hall–Kier alpha value is -1.22. The van der Waals surface area contributed by atoms with Gasteiger partial charge in [-0.3, -0.25) is 10.2 Å². The molecule has 0 aliphatic carbocycles. The molecule has 2 rings (SSSR count). The lowest BCUT2D eigenvalue weighted by molar-refractivity contribution is 0.0952. The standard InChI is InChI=1S/C12H21N5O2S/c1-3-16-4-6-17(7-5-16)12-14-9(8-19-2)10(20-12)11(18)15-13/h3-8,13H2,1-2H3,(H,15,18). The van der Waals surface area contributed by atoms with E-state index in [0.717, 1.165) is 37.9 Å². The van der Waals surface area contributed by atoms with Crippen LogP contribution in [0.25, 0.3) is 0 Å². The molecule has 2 heterocycles. The lowest BCUT2D eigenvalue weighted by Crippen LogP contribution is -2.46. The van der Waals surface area contributed by atoms with E-state index in [4.69, 9.17) is 10.6 Å². The highest BCUT2D eigenvalue weighted by Gasteiger charge is 2.23. The van der Waals surface area contributed by atoms with Crippen LogP contribution in [0.2, 0.25) is 0 Å². The molecule has 112 valence electrons. The van der Waals surface area contributed by atoms with Crippen molar-refractivity contribution in [3.63, 3.8) is 0 Å². The SMILES string of the molecule is CCN1CCN(c2nc(COC)c(C(=O)NN)s2)CC1. The molecule has 0 atom stereocenters. The first-order valence-electron chi connectivity index (χ1n) is 6.66. The predicted octanol–water partition coefficient (Wildman–Crippen LogP) is 0.0349. The van der Waals surface area contributed by atoms with Crippen LogP contribution in [-0.4, -0.2) is 55.6 Å². The number of anilines is 1. The van der Waals surface area contributed by atoms with Gasteiger partial charge in [-0.2, -0.15) is 0 Å². The molecule has 1 fully saturated rings. The molecule has 1 amide bonds. The summed E-state index contributed by atoms with van der Waals surface area (Å²) in [6, 6.07) is 0. The smallest absolute Gasteiger partial charge is 0.277 e. The van der Waals surface area contributed by atoms with Crippen molar-refractivity contribution in [1.82, 2.24) is 15.3 Å². The van der Waals surface area contributed by atoms with Crippen LogP contribution in [0.3, 0.4) is 0 Å². The van der Waals surface area contributed by atoms with Crippen LogP contribution in [0.4, 0.5) is 5.13 Å². The normalized spacial score (nSPS) is 16.4. The van der Waals surface area contributed by atoms with Gasteiger partial charge in [0, 0.05) is 33.3 Å². The molecular weight excluding hydrogens is 278 g/mol. The van der Waals surface area contributed by atoms with Crippen LogP contribution >= 0.6 is 11.3 Å². The quantitative estimate of drug-likeness (QED) is 0.453. The summed E-state index contributed by atoms with van der Waals surface area (Å²) < 4.78 is 5.09. The summed E-state index contributed by atoms with van der Waals surface area (Å²) in [5, 5.41) is 0.867. The third kappa shape index (κ3) is 3.26. The number of methoxy groups -OCH3 is 1. The minimum absolute atomic E-state index is 0.312. The number of hydrazine groups is 1. The van der Waals surface area contributed by atoms with Gasteiger partial charge in [0.2, 0.25) is 0 Å². The van der Waals surface area contributed by atoms with Crippen LogP contribution < -0.4 is 16.2 Å². The number of rotatable bonds is 5. The molecule has 0 bridgehead atoms. The number of ether oxygens (including phenoxy) is 1. The largest absolute Gasteiger partial charge is 0.378 e. The molecule has 0 aromatic carbocycles. The van der Waals surface area contributed by atoms with E-state index >= 15 is 0 Å². The maximum atomic E-state index is 11.8. The maximum absolute atomic E-state index is 11.8. The number of amides is 1. The first-order chi connectivity index (χ1) is 9.69. The van der Waals surface area contributed by atoms with Crippen molar-refractivity contribution in [3.05, 3.63) is 10.6 Å². The second kappa shape index (κ2) is 6.98. The number of nitrogens with one attached hydrogen (secondary N) is 1. The van der Waals surface area contributed by atoms with E-state index in [0.29, 0.717) is 17.2 Å². The molecule has 1 aromatic heterocycles. The van der Waals surface area contributed by atoms with Gasteiger partial charge in [0.25, 0.3) is 5.91 Å². The van der Waals surface area contributed by atoms with E-state index in [1.54, 1.807) is 7.11 Å². The van der Waals surface area contributed by atoms with E-state index in [9.17, 15) is 4.79 Å². The Labute approximate surface area is 122 Å². The number of thiazole rings is 1. The summed E-state index contributed by atoms with van der Waals surface area (Å²) in [6.45, 7) is 7.45. The Bertz CT molecular complexity index is 457. The lowest BCUT2D eigenvalue weighted by Gasteiger charge is -2.33. The number of hydrogen-bond acceptors (Lipinski definition) is 7. The highest BCUT2D eigenvalue weighted by Crippen LogP contribution is 2.27. The van der Waals surface area contributed by atoms with Crippen molar-refractivity contribution in [2.75, 3.05) is 44.7 Å². The summed E-state index contributed by atoms with van der Waals surface area (Å²) in [5.41, 5.74) is 2.81. The molecule has 7 nitrogen and oxygen atoms in total. The minimum atomic E-state index is -0.312. The van der Waals surface area contributed by atoms with Gasteiger partial charge in [0.05, 0.1) is 12.3 Å². The van der Waals surface area contributed by atoms with E-state index in [1.165, 1.54) is 11.3 Å². The van der Waals surface area contributed by atoms with Gasteiger partial charge in [0.1, 0.15) is 4.88 Å². The minimum Gasteiger partial charge on any atom is -0.378 e. The molecule has 8 heteroatoms. The van der Waals surface area contributed by atoms with Crippen molar-refractivity contribution in [2.45, 2.75) is 13.5 Å². The third-order valence-corrected chi connectivity index (χ3v) is 4.55. The van der Waals surface area contributed by atoms with Crippen molar-refractivity contribution >= 4 is 22.4 Å². The molecule has 1 aromatic rings. The van der Waals surface area contributed by atoms with Gasteiger partial charge in [-0.25, -0.2) is 10.8 Å². The summed E-state index contributed by atoms with van der Waals surface area (Å²) in [5.74, 6) is 4.90. The number of hydrogen-bond donors (Lipinski definition) is 2. The Balaban J connectivity index is 2.14. The lowest BCUT2D eigenvalue weighted by atomic mass is 10.3. The molecule has 0 spiro atoms. The average molecular weight is 299 g/mol. The molecule has 0 radical (unpaired) electrons. The van der Waals surface area contributed by atoms with Crippen molar-refractivity contribution in [3.8, 4) is 0 Å². The van der Waals surface area contributed by atoms with E-state index in [1.807, 2.05) is 0 Å². The first-order valence-corrected chi connectivity index (χ1v) is 7.48. The van der Waals surface area contributed by atoms with E-state index < -0.39 is 0 Å². The average Bonchev–Trinajstić information content (AvgIpc) is 2.91. The van der Waals surface area contributed by atoms with Crippen LogP contribution in [0.15, 0.2) is 0 Å². The number of piperazine rings is 1. The van der Waals surface area contributed by atoms with Gasteiger partial charge in [0.15, 0.2) is 5.13 Å². The number of likely N-dealkylation sites (N-methyl/N-ethyl adjacent to an activating group) is 1.